The molecule has 1 aromatic heterocycles. The lowest BCUT2D eigenvalue weighted by molar-refractivity contribution is 0.0592. The molecule has 1 heterocycles. The van der Waals surface area contributed by atoms with Crippen LogP contribution in [0.5, 0.6) is 0 Å². The third-order valence-corrected chi connectivity index (χ3v) is 2.72. The van der Waals surface area contributed by atoms with E-state index in [1.165, 1.54) is 11.3 Å². The van der Waals surface area contributed by atoms with E-state index in [1.54, 1.807) is 0 Å². The molecule has 0 fully saturated rings. The van der Waals surface area contributed by atoms with Crippen LogP contribution in [0.2, 0.25) is 0 Å². The first-order valence-electron chi connectivity index (χ1n) is 3.39. The molecule has 0 atom stereocenters. The van der Waals surface area contributed by atoms with Crippen LogP contribution in [-0.2, 0) is 5.60 Å². The molecule has 11 heavy (non-hydrogen) atoms. The molecule has 3 nitrogen and oxygen atoms in total. The van der Waals surface area contributed by atoms with Gasteiger partial charge in [0.2, 0.25) is 0 Å². The van der Waals surface area contributed by atoms with Gasteiger partial charge in [0.05, 0.1) is 0 Å². The van der Waals surface area contributed by atoms with Gasteiger partial charge in [0.15, 0.2) is 0 Å². The van der Waals surface area contributed by atoms with E-state index in [-0.39, 0.29) is 13.1 Å². The van der Waals surface area contributed by atoms with E-state index < -0.39 is 5.60 Å². The van der Waals surface area contributed by atoms with Gasteiger partial charge in [0.1, 0.15) is 5.60 Å². The molecule has 0 radical (unpaired) electrons. The van der Waals surface area contributed by atoms with Gasteiger partial charge in [-0.2, -0.15) is 0 Å². The first kappa shape index (κ1) is 8.67. The van der Waals surface area contributed by atoms with Gasteiger partial charge in [0.25, 0.3) is 0 Å². The van der Waals surface area contributed by atoms with Crippen LogP contribution in [0.15, 0.2) is 17.5 Å². The third kappa shape index (κ3) is 1.59. The van der Waals surface area contributed by atoms with Crippen molar-refractivity contribution in [2.24, 2.45) is 11.5 Å². The summed E-state index contributed by atoms with van der Waals surface area (Å²) in [7, 11) is 0. The predicted octanol–water partition coefficient (Wildman–Crippen LogP) is -0.147. The summed E-state index contributed by atoms with van der Waals surface area (Å²) < 4.78 is 0. The summed E-state index contributed by atoms with van der Waals surface area (Å²) >= 11 is 1.47. The van der Waals surface area contributed by atoms with E-state index in [0.717, 1.165) is 4.88 Å². The third-order valence-electron chi connectivity index (χ3n) is 1.66. The standard InChI is InChI=1S/C7H12N2OS/c8-4-7(10,5-9)6-2-1-3-11-6/h1-3,10H,4-5,8-9H2. The van der Waals surface area contributed by atoms with Crippen molar-refractivity contribution in [3.63, 3.8) is 0 Å². The van der Waals surface area contributed by atoms with Crippen molar-refractivity contribution in [3.05, 3.63) is 22.4 Å². The fraction of sp³-hybridized carbons (Fsp3) is 0.429. The minimum atomic E-state index is -1.02. The summed E-state index contributed by atoms with van der Waals surface area (Å²) in [6, 6.07) is 3.71. The molecule has 62 valence electrons. The van der Waals surface area contributed by atoms with Crippen molar-refractivity contribution in [3.8, 4) is 0 Å². The van der Waals surface area contributed by atoms with Gasteiger partial charge in [-0.1, -0.05) is 6.07 Å². The van der Waals surface area contributed by atoms with Crippen molar-refractivity contribution < 1.29 is 5.11 Å². The molecule has 0 saturated carbocycles. The Labute approximate surface area is 69.6 Å². The van der Waals surface area contributed by atoms with E-state index in [2.05, 4.69) is 0 Å². The molecule has 0 spiro atoms. The fourth-order valence-electron chi connectivity index (χ4n) is 0.828. The normalized spacial score (nSPS) is 11.9. The number of rotatable bonds is 3. The zero-order valence-electron chi connectivity index (χ0n) is 6.16. The Morgan fingerprint density at radius 2 is 2.09 bits per heavy atom. The molecule has 0 aliphatic rings. The highest BCUT2D eigenvalue weighted by molar-refractivity contribution is 7.10. The molecule has 0 aromatic carbocycles. The van der Waals surface area contributed by atoms with Crippen LogP contribution in [0.3, 0.4) is 0 Å². The lowest BCUT2D eigenvalue weighted by atomic mass is 10.0. The Morgan fingerprint density at radius 3 is 2.45 bits per heavy atom. The zero-order chi connectivity index (χ0) is 8.32. The van der Waals surface area contributed by atoms with Gasteiger partial charge in [-0.05, 0) is 11.4 Å². The second-order valence-electron chi connectivity index (χ2n) is 2.42. The Balaban J connectivity index is 2.87. The van der Waals surface area contributed by atoms with Crippen LogP contribution >= 0.6 is 11.3 Å². The highest BCUT2D eigenvalue weighted by Crippen LogP contribution is 2.23. The summed E-state index contributed by atoms with van der Waals surface area (Å²) in [5.74, 6) is 0. The van der Waals surface area contributed by atoms with Gasteiger partial charge < -0.3 is 16.6 Å². The number of aliphatic hydroxyl groups is 1. The van der Waals surface area contributed by atoms with Crippen LogP contribution in [0.4, 0.5) is 0 Å². The molecule has 1 aromatic rings. The summed E-state index contributed by atoms with van der Waals surface area (Å²) in [5, 5.41) is 11.6. The van der Waals surface area contributed by atoms with Gasteiger partial charge in [0, 0.05) is 18.0 Å². The first-order valence-corrected chi connectivity index (χ1v) is 4.27. The van der Waals surface area contributed by atoms with Crippen LogP contribution in [0.1, 0.15) is 4.88 Å². The molecular weight excluding hydrogens is 160 g/mol. The quantitative estimate of drug-likeness (QED) is 0.594. The topological polar surface area (TPSA) is 72.3 Å². The van der Waals surface area contributed by atoms with Crippen LogP contribution in [-0.4, -0.2) is 18.2 Å². The van der Waals surface area contributed by atoms with Crippen molar-refractivity contribution in [1.82, 2.24) is 0 Å². The van der Waals surface area contributed by atoms with Gasteiger partial charge in [-0.25, -0.2) is 0 Å². The number of nitrogens with two attached hydrogens (primary N) is 2. The maximum atomic E-state index is 9.75. The highest BCUT2D eigenvalue weighted by Gasteiger charge is 2.26. The van der Waals surface area contributed by atoms with E-state index in [9.17, 15) is 5.11 Å². The lowest BCUT2D eigenvalue weighted by Gasteiger charge is -2.22. The molecule has 4 heteroatoms. The number of hydrogen-bond acceptors (Lipinski definition) is 4. The van der Waals surface area contributed by atoms with E-state index in [0.29, 0.717) is 0 Å². The monoisotopic (exact) mass is 172 g/mol. The van der Waals surface area contributed by atoms with Crippen molar-refractivity contribution >= 4 is 11.3 Å². The lowest BCUT2D eigenvalue weighted by Crippen LogP contribution is -2.41. The molecule has 0 aliphatic heterocycles. The molecule has 1 rings (SSSR count). The van der Waals surface area contributed by atoms with Crippen molar-refractivity contribution in [2.45, 2.75) is 5.60 Å². The maximum absolute atomic E-state index is 9.75. The Hall–Kier alpha value is -0.420. The van der Waals surface area contributed by atoms with Crippen LogP contribution in [0.25, 0.3) is 0 Å². The van der Waals surface area contributed by atoms with Gasteiger partial charge in [-0.3, -0.25) is 0 Å². The van der Waals surface area contributed by atoms with Crippen LogP contribution in [0, 0.1) is 0 Å². The minimum Gasteiger partial charge on any atom is -0.382 e. The zero-order valence-corrected chi connectivity index (χ0v) is 6.97. The Kier molecular flexibility index (Phi) is 2.62. The highest BCUT2D eigenvalue weighted by atomic mass is 32.1. The second kappa shape index (κ2) is 3.32. The molecular formula is C7H12N2OS. The average Bonchev–Trinajstić information content (AvgIpc) is 2.55. The Bertz CT molecular complexity index is 206. The summed E-state index contributed by atoms with van der Waals surface area (Å²) in [6.45, 7) is 0.341. The number of thiophene rings is 1. The number of hydrogen-bond donors (Lipinski definition) is 3. The SMILES string of the molecule is NCC(O)(CN)c1cccs1. The molecule has 0 bridgehead atoms. The van der Waals surface area contributed by atoms with Gasteiger partial charge >= 0.3 is 0 Å². The summed E-state index contributed by atoms with van der Waals surface area (Å²) in [5.41, 5.74) is 9.75. The van der Waals surface area contributed by atoms with Crippen molar-refractivity contribution in [2.75, 3.05) is 13.1 Å². The van der Waals surface area contributed by atoms with E-state index in [1.807, 2.05) is 17.5 Å². The van der Waals surface area contributed by atoms with E-state index in [4.69, 9.17) is 11.5 Å². The average molecular weight is 172 g/mol. The molecule has 5 N–H and O–H groups in total. The maximum Gasteiger partial charge on any atom is 0.123 e. The van der Waals surface area contributed by atoms with Crippen LogP contribution < -0.4 is 11.5 Å². The fourth-order valence-corrected chi connectivity index (χ4v) is 1.67. The minimum absolute atomic E-state index is 0.171. The largest absolute Gasteiger partial charge is 0.382 e. The molecule has 0 amide bonds. The summed E-state index contributed by atoms with van der Waals surface area (Å²) in [6.07, 6.45) is 0. The first-order chi connectivity index (χ1) is 5.23. The van der Waals surface area contributed by atoms with Crippen molar-refractivity contribution in [1.29, 1.82) is 0 Å². The molecule has 0 aliphatic carbocycles. The van der Waals surface area contributed by atoms with Gasteiger partial charge in [-0.15, -0.1) is 11.3 Å². The summed E-state index contributed by atoms with van der Waals surface area (Å²) in [4.78, 5) is 0.836. The molecule has 0 unspecified atom stereocenters. The smallest absolute Gasteiger partial charge is 0.123 e. The molecule has 0 saturated heterocycles. The Morgan fingerprint density at radius 1 is 1.45 bits per heavy atom. The predicted molar refractivity (Wildman–Crippen MR) is 46.3 cm³/mol. The second-order valence-corrected chi connectivity index (χ2v) is 3.36. The van der Waals surface area contributed by atoms with E-state index >= 15 is 0 Å².